The van der Waals surface area contributed by atoms with Gasteiger partial charge in [0, 0.05) is 17.6 Å². The van der Waals surface area contributed by atoms with Gasteiger partial charge >= 0.3 is 0 Å². The molecule has 0 spiro atoms. The molecule has 2 rings (SSSR count). The highest BCUT2D eigenvalue weighted by atomic mass is 79.9. The van der Waals surface area contributed by atoms with Crippen molar-refractivity contribution in [3.63, 3.8) is 0 Å². The van der Waals surface area contributed by atoms with Crippen LogP contribution in [0.15, 0.2) is 53.0 Å². The van der Waals surface area contributed by atoms with Crippen LogP contribution >= 0.6 is 15.9 Å². The molecular weight excluding hydrogens is 444 g/mol. The number of aryl methyl sites for hydroxylation is 1. The second kappa shape index (κ2) is 12.4. The van der Waals surface area contributed by atoms with Crippen LogP contribution in [0.25, 0.3) is 0 Å². The van der Waals surface area contributed by atoms with Gasteiger partial charge in [-0.1, -0.05) is 60.5 Å². The maximum Gasteiger partial charge on any atom is 0.261 e. The molecule has 6 heteroatoms. The van der Waals surface area contributed by atoms with E-state index in [9.17, 15) is 9.59 Å². The number of hydrogen-bond donors (Lipinski definition) is 1. The summed E-state index contributed by atoms with van der Waals surface area (Å²) < 4.78 is 6.67. The number of carbonyl (C=O) groups is 2. The minimum Gasteiger partial charge on any atom is -0.484 e. The smallest absolute Gasteiger partial charge is 0.261 e. The summed E-state index contributed by atoms with van der Waals surface area (Å²) in [5.41, 5.74) is 2.16. The molecule has 2 aromatic carbocycles. The molecule has 162 valence electrons. The third kappa shape index (κ3) is 7.48. The first-order valence-electron chi connectivity index (χ1n) is 10.5. The van der Waals surface area contributed by atoms with E-state index in [0.29, 0.717) is 18.8 Å². The van der Waals surface area contributed by atoms with Crippen molar-refractivity contribution in [2.24, 2.45) is 0 Å². The fraction of sp³-hybridized carbons (Fsp3) is 0.417. The van der Waals surface area contributed by atoms with Crippen molar-refractivity contribution in [3.05, 3.63) is 64.1 Å². The van der Waals surface area contributed by atoms with E-state index in [4.69, 9.17) is 4.74 Å². The van der Waals surface area contributed by atoms with Crippen LogP contribution in [0.3, 0.4) is 0 Å². The summed E-state index contributed by atoms with van der Waals surface area (Å²) in [4.78, 5) is 27.2. The predicted molar refractivity (Wildman–Crippen MR) is 123 cm³/mol. The summed E-state index contributed by atoms with van der Waals surface area (Å²) in [6.45, 7) is 6.76. The average molecular weight is 475 g/mol. The number of amides is 2. The van der Waals surface area contributed by atoms with Crippen molar-refractivity contribution in [1.29, 1.82) is 0 Å². The van der Waals surface area contributed by atoms with Gasteiger partial charge in [0.15, 0.2) is 6.61 Å². The largest absolute Gasteiger partial charge is 0.484 e. The van der Waals surface area contributed by atoms with Crippen molar-refractivity contribution in [3.8, 4) is 5.75 Å². The molecule has 0 saturated carbocycles. The van der Waals surface area contributed by atoms with Gasteiger partial charge < -0.3 is 15.0 Å². The summed E-state index contributed by atoms with van der Waals surface area (Å²) in [6.07, 6.45) is 2.86. The number of benzene rings is 2. The molecule has 2 amide bonds. The number of halogens is 1. The monoisotopic (exact) mass is 474 g/mol. The number of nitrogens with zero attached hydrogens (tertiary/aromatic N) is 1. The molecule has 0 unspecified atom stereocenters. The first-order chi connectivity index (χ1) is 14.4. The number of carbonyl (C=O) groups excluding carboxylic acids is 2. The van der Waals surface area contributed by atoms with Crippen LogP contribution in [0.2, 0.25) is 0 Å². The molecule has 0 saturated heterocycles. The standard InChI is InChI=1S/C24H31BrN2O3/c1-4-6-15-26-24(29)18(3)27(16-20-7-11-21(25)12-8-20)23(28)17-30-22-13-9-19(5-2)10-14-22/h7-14,18H,4-6,15-17H2,1-3H3,(H,26,29)/t18-/m1/s1. The zero-order chi connectivity index (χ0) is 21.9. The first kappa shape index (κ1) is 23.9. The number of ether oxygens (including phenoxy) is 1. The van der Waals surface area contributed by atoms with Gasteiger partial charge in [-0.05, 0) is 55.2 Å². The number of unbranched alkanes of at least 4 members (excludes halogenated alkanes) is 1. The van der Waals surface area contributed by atoms with Crippen molar-refractivity contribution in [1.82, 2.24) is 10.2 Å². The summed E-state index contributed by atoms with van der Waals surface area (Å²) in [5, 5.41) is 2.92. The van der Waals surface area contributed by atoms with E-state index < -0.39 is 6.04 Å². The highest BCUT2D eigenvalue weighted by Crippen LogP contribution is 2.16. The van der Waals surface area contributed by atoms with E-state index >= 15 is 0 Å². The van der Waals surface area contributed by atoms with Gasteiger partial charge in [0.1, 0.15) is 11.8 Å². The Morgan fingerprint density at radius 3 is 2.27 bits per heavy atom. The average Bonchev–Trinajstić information content (AvgIpc) is 2.77. The lowest BCUT2D eigenvalue weighted by Crippen LogP contribution is -2.49. The van der Waals surface area contributed by atoms with Crippen LogP contribution in [-0.2, 0) is 22.6 Å². The molecule has 2 aromatic rings. The Hall–Kier alpha value is -2.34. The molecule has 0 aliphatic carbocycles. The van der Waals surface area contributed by atoms with Crippen LogP contribution in [0, 0.1) is 0 Å². The molecular formula is C24H31BrN2O3. The fourth-order valence-electron chi connectivity index (χ4n) is 2.95. The maximum absolute atomic E-state index is 13.0. The Labute approximate surface area is 187 Å². The molecule has 1 atom stereocenters. The van der Waals surface area contributed by atoms with Crippen molar-refractivity contribution in [2.75, 3.05) is 13.2 Å². The summed E-state index contributed by atoms with van der Waals surface area (Å²) >= 11 is 3.42. The van der Waals surface area contributed by atoms with Gasteiger partial charge in [-0.25, -0.2) is 0 Å². The zero-order valence-electron chi connectivity index (χ0n) is 18.0. The van der Waals surface area contributed by atoms with Crippen molar-refractivity contribution in [2.45, 2.75) is 52.6 Å². The third-order valence-corrected chi connectivity index (χ3v) is 5.49. The number of rotatable bonds is 11. The van der Waals surface area contributed by atoms with Gasteiger partial charge in [-0.15, -0.1) is 0 Å². The van der Waals surface area contributed by atoms with Gasteiger partial charge in [0.25, 0.3) is 5.91 Å². The van der Waals surface area contributed by atoms with E-state index in [1.54, 1.807) is 11.8 Å². The molecule has 0 radical (unpaired) electrons. The Balaban J connectivity index is 2.08. The molecule has 0 bridgehead atoms. The molecule has 0 fully saturated rings. The topological polar surface area (TPSA) is 58.6 Å². The second-order valence-corrected chi connectivity index (χ2v) is 8.17. The van der Waals surface area contributed by atoms with E-state index in [0.717, 1.165) is 29.3 Å². The minimum absolute atomic E-state index is 0.116. The minimum atomic E-state index is -0.593. The van der Waals surface area contributed by atoms with Gasteiger partial charge in [0.05, 0.1) is 0 Å². The highest BCUT2D eigenvalue weighted by molar-refractivity contribution is 9.10. The van der Waals surface area contributed by atoms with Crippen molar-refractivity contribution < 1.29 is 14.3 Å². The SMILES string of the molecule is CCCCNC(=O)[C@@H](C)N(Cc1ccc(Br)cc1)C(=O)COc1ccc(CC)cc1. The van der Waals surface area contributed by atoms with E-state index in [1.807, 2.05) is 48.5 Å². The predicted octanol–water partition coefficient (Wildman–Crippen LogP) is 4.72. The Morgan fingerprint density at radius 2 is 1.67 bits per heavy atom. The van der Waals surface area contributed by atoms with E-state index in [-0.39, 0.29) is 18.4 Å². The lowest BCUT2D eigenvalue weighted by atomic mass is 10.1. The summed E-state index contributed by atoms with van der Waals surface area (Å²) in [6, 6.07) is 14.9. The molecule has 30 heavy (non-hydrogen) atoms. The van der Waals surface area contributed by atoms with Crippen LogP contribution in [0.1, 0.15) is 44.7 Å². The van der Waals surface area contributed by atoms with Crippen LogP contribution in [0.4, 0.5) is 0 Å². The van der Waals surface area contributed by atoms with Gasteiger partial charge in [-0.3, -0.25) is 9.59 Å². The van der Waals surface area contributed by atoms with Gasteiger partial charge in [0.2, 0.25) is 5.91 Å². The van der Waals surface area contributed by atoms with E-state index in [1.165, 1.54) is 5.56 Å². The second-order valence-electron chi connectivity index (χ2n) is 7.25. The van der Waals surface area contributed by atoms with Gasteiger partial charge in [-0.2, -0.15) is 0 Å². The lowest BCUT2D eigenvalue weighted by Gasteiger charge is -2.28. The Kier molecular flexibility index (Phi) is 9.87. The number of hydrogen-bond acceptors (Lipinski definition) is 3. The normalized spacial score (nSPS) is 11.6. The third-order valence-electron chi connectivity index (χ3n) is 4.96. The fourth-order valence-corrected chi connectivity index (χ4v) is 3.22. The quantitative estimate of drug-likeness (QED) is 0.479. The van der Waals surface area contributed by atoms with Crippen LogP contribution < -0.4 is 10.1 Å². The van der Waals surface area contributed by atoms with Crippen LogP contribution in [-0.4, -0.2) is 35.9 Å². The maximum atomic E-state index is 13.0. The first-order valence-corrected chi connectivity index (χ1v) is 11.3. The van der Waals surface area contributed by atoms with Crippen molar-refractivity contribution >= 4 is 27.7 Å². The molecule has 0 aliphatic rings. The highest BCUT2D eigenvalue weighted by Gasteiger charge is 2.26. The molecule has 0 aromatic heterocycles. The van der Waals surface area contributed by atoms with Crippen LogP contribution in [0.5, 0.6) is 5.75 Å². The van der Waals surface area contributed by atoms with E-state index in [2.05, 4.69) is 35.1 Å². The number of nitrogens with one attached hydrogen (secondary N) is 1. The lowest BCUT2D eigenvalue weighted by molar-refractivity contribution is -0.142. The molecule has 1 N–H and O–H groups in total. The molecule has 0 aliphatic heterocycles. The molecule has 0 heterocycles. The summed E-state index contributed by atoms with van der Waals surface area (Å²) in [5.74, 6) is 0.265. The molecule has 5 nitrogen and oxygen atoms in total. The zero-order valence-corrected chi connectivity index (χ0v) is 19.6. The Morgan fingerprint density at radius 1 is 1.03 bits per heavy atom. The summed E-state index contributed by atoms with van der Waals surface area (Å²) in [7, 11) is 0. The Bertz CT molecular complexity index is 806.